The molecule has 1 amide bonds. The van der Waals surface area contributed by atoms with E-state index in [1.807, 2.05) is 24.3 Å². The smallest absolute Gasteiger partial charge is 0.223 e. The van der Waals surface area contributed by atoms with Crippen LogP contribution < -0.4 is 5.32 Å². The van der Waals surface area contributed by atoms with Gasteiger partial charge in [-0.3, -0.25) is 4.79 Å². The molecule has 0 aromatic heterocycles. The molecular weight excluding hydrogens is 274 g/mol. The molecule has 0 radical (unpaired) electrons. The molecule has 0 saturated heterocycles. The summed E-state index contributed by atoms with van der Waals surface area (Å²) in [5.74, 6) is 0.828. The van der Waals surface area contributed by atoms with Gasteiger partial charge in [-0.15, -0.1) is 0 Å². The predicted octanol–water partition coefficient (Wildman–Crippen LogP) is 2.97. The molecule has 0 heterocycles. The third kappa shape index (κ3) is 4.22. The summed E-state index contributed by atoms with van der Waals surface area (Å²) >= 11 is 5.85. The topological polar surface area (TPSA) is 49.3 Å². The summed E-state index contributed by atoms with van der Waals surface area (Å²) < 4.78 is 0. The van der Waals surface area contributed by atoms with Gasteiger partial charge in [0.1, 0.15) is 0 Å². The van der Waals surface area contributed by atoms with Crippen molar-refractivity contribution in [1.29, 1.82) is 0 Å². The van der Waals surface area contributed by atoms with Crippen LogP contribution in [0.3, 0.4) is 0 Å². The number of carbonyl (C=O) groups excluding carboxylic acids is 1. The standard InChI is InChI=1S/C16H22ClNO2/c1-10(2)7-13(19)9-18-16(20)15-8-14(15)11-3-5-12(17)6-4-11/h3-6,10,13-15,19H,7-9H2,1-2H3,(H,18,20). The lowest BCUT2D eigenvalue weighted by atomic mass is 10.1. The summed E-state index contributed by atoms with van der Waals surface area (Å²) in [4.78, 5) is 12.0. The number of nitrogens with one attached hydrogen (secondary N) is 1. The van der Waals surface area contributed by atoms with Gasteiger partial charge in [-0.2, -0.15) is 0 Å². The molecule has 3 atom stereocenters. The summed E-state index contributed by atoms with van der Waals surface area (Å²) in [5, 5.41) is 13.3. The summed E-state index contributed by atoms with van der Waals surface area (Å²) in [7, 11) is 0. The van der Waals surface area contributed by atoms with E-state index in [-0.39, 0.29) is 11.8 Å². The fraction of sp³-hybridized carbons (Fsp3) is 0.562. The molecule has 0 bridgehead atoms. The van der Waals surface area contributed by atoms with Crippen molar-refractivity contribution in [2.45, 2.75) is 38.7 Å². The normalized spacial score (nSPS) is 22.6. The van der Waals surface area contributed by atoms with E-state index in [2.05, 4.69) is 19.2 Å². The molecule has 3 unspecified atom stereocenters. The van der Waals surface area contributed by atoms with Crippen molar-refractivity contribution in [2.75, 3.05) is 6.54 Å². The number of carbonyl (C=O) groups is 1. The lowest BCUT2D eigenvalue weighted by molar-refractivity contribution is -0.122. The Bertz CT molecular complexity index is 458. The molecule has 20 heavy (non-hydrogen) atoms. The zero-order chi connectivity index (χ0) is 14.7. The molecule has 1 aliphatic carbocycles. The van der Waals surface area contributed by atoms with E-state index in [9.17, 15) is 9.90 Å². The number of hydrogen-bond acceptors (Lipinski definition) is 2. The Morgan fingerprint density at radius 3 is 2.65 bits per heavy atom. The maximum Gasteiger partial charge on any atom is 0.223 e. The molecule has 3 nitrogen and oxygen atoms in total. The maximum absolute atomic E-state index is 12.0. The van der Waals surface area contributed by atoms with Crippen molar-refractivity contribution in [1.82, 2.24) is 5.32 Å². The van der Waals surface area contributed by atoms with E-state index in [0.29, 0.717) is 29.8 Å². The van der Waals surface area contributed by atoms with E-state index in [1.54, 1.807) is 0 Å². The molecule has 1 fully saturated rings. The fourth-order valence-corrected chi connectivity index (χ4v) is 2.67. The van der Waals surface area contributed by atoms with Gasteiger partial charge in [0, 0.05) is 17.5 Å². The molecule has 0 aliphatic heterocycles. The number of benzene rings is 1. The van der Waals surface area contributed by atoms with Gasteiger partial charge in [-0.25, -0.2) is 0 Å². The molecule has 4 heteroatoms. The first-order valence-corrected chi connectivity index (χ1v) is 7.56. The largest absolute Gasteiger partial charge is 0.391 e. The van der Waals surface area contributed by atoms with Crippen LogP contribution in [0.1, 0.15) is 38.2 Å². The van der Waals surface area contributed by atoms with Crippen molar-refractivity contribution < 1.29 is 9.90 Å². The zero-order valence-corrected chi connectivity index (χ0v) is 12.7. The Morgan fingerprint density at radius 2 is 2.05 bits per heavy atom. The SMILES string of the molecule is CC(C)CC(O)CNC(=O)C1CC1c1ccc(Cl)cc1. The second kappa shape index (κ2) is 6.59. The highest BCUT2D eigenvalue weighted by atomic mass is 35.5. The molecule has 1 saturated carbocycles. The van der Waals surface area contributed by atoms with Gasteiger partial charge in [0.05, 0.1) is 6.10 Å². The molecule has 2 N–H and O–H groups in total. The van der Waals surface area contributed by atoms with Crippen molar-refractivity contribution >= 4 is 17.5 Å². The molecule has 1 aliphatic rings. The summed E-state index contributed by atoms with van der Waals surface area (Å²) in [6.07, 6.45) is 1.14. The monoisotopic (exact) mass is 295 g/mol. The first-order chi connectivity index (χ1) is 9.47. The minimum atomic E-state index is -0.452. The minimum absolute atomic E-state index is 0.0439. The number of aliphatic hydroxyl groups excluding tert-OH is 1. The van der Waals surface area contributed by atoms with Gasteiger partial charge in [0.2, 0.25) is 5.91 Å². The van der Waals surface area contributed by atoms with Crippen LogP contribution in [0.25, 0.3) is 0 Å². The van der Waals surface area contributed by atoms with Gasteiger partial charge in [0.25, 0.3) is 0 Å². The highest BCUT2D eigenvalue weighted by molar-refractivity contribution is 6.30. The van der Waals surface area contributed by atoms with E-state index in [4.69, 9.17) is 11.6 Å². The molecular formula is C16H22ClNO2. The molecule has 110 valence electrons. The van der Waals surface area contributed by atoms with Crippen molar-refractivity contribution in [3.8, 4) is 0 Å². The van der Waals surface area contributed by atoms with Crippen LogP contribution in [0.4, 0.5) is 0 Å². The Hall–Kier alpha value is -1.06. The fourth-order valence-electron chi connectivity index (χ4n) is 2.54. The van der Waals surface area contributed by atoms with Crippen LogP contribution >= 0.6 is 11.6 Å². The van der Waals surface area contributed by atoms with Gasteiger partial charge in [-0.1, -0.05) is 37.6 Å². The van der Waals surface area contributed by atoms with Crippen LogP contribution in [-0.4, -0.2) is 23.7 Å². The molecule has 0 spiro atoms. The van der Waals surface area contributed by atoms with Crippen molar-refractivity contribution in [3.05, 3.63) is 34.9 Å². The second-order valence-electron chi connectivity index (χ2n) is 6.03. The number of halogens is 1. The number of aliphatic hydroxyl groups is 1. The van der Waals surface area contributed by atoms with E-state index in [1.165, 1.54) is 0 Å². The molecule has 1 aromatic carbocycles. The average Bonchev–Trinajstić information content (AvgIpc) is 3.16. The van der Waals surface area contributed by atoms with Gasteiger partial charge in [0.15, 0.2) is 0 Å². The lowest BCUT2D eigenvalue weighted by Gasteiger charge is -2.13. The summed E-state index contributed by atoms with van der Waals surface area (Å²) in [5.41, 5.74) is 1.16. The Kier molecular flexibility index (Phi) is 5.06. The quantitative estimate of drug-likeness (QED) is 0.848. The summed E-state index contributed by atoms with van der Waals surface area (Å²) in [6, 6.07) is 7.68. The molecule has 1 aromatic rings. The van der Waals surface area contributed by atoms with Gasteiger partial charge >= 0.3 is 0 Å². The van der Waals surface area contributed by atoms with Crippen LogP contribution in [-0.2, 0) is 4.79 Å². The highest BCUT2D eigenvalue weighted by Gasteiger charge is 2.43. The first-order valence-electron chi connectivity index (χ1n) is 7.18. The number of amides is 1. The van der Waals surface area contributed by atoms with E-state index >= 15 is 0 Å². The van der Waals surface area contributed by atoms with Crippen molar-refractivity contribution in [3.63, 3.8) is 0 Å². The number of hydrogen-bond donors (Lipinski definition) is 2. The van der Waals surface area contributed by atoms with Gasteiger partial charge in [-0.05, 0) is 42.4 Å². The average molecular weight is 296 g/mol. The Labute approximate surface area is 125 Å². The maximum atomic E-state index is 12.0. The van der Waals surface area contributed by atoms with Crippen molar-refractivity contribution in [2.24, 2.45) is 11.8 Å². The van der Waals surface area contributed by atoms with Crippen LogP contribution in [0.2, 0.25) is 5.02 Å². The predicted molar refractivity (Wildman–Crippen MR) is 80.8 cm³/mol. The second-order valence-corrected chi connectivity index (χ2v) is 6.47. The van der Waals surface area contributed by atoms with Crippen LogP contribution in [0.15, 0.2) is 24.3 Å². The van der Waals surface area contributed by atoms with E-state index in [0.717, 1.165) is 12.0 Å². The third-order valence-corrected chi connectivity index (χ3v) is 3.93. The first kappa shape index (κ1) is 15.3. The Balaban J connectivity index is 1.77. The zero-order valence-electron chi connectivity index (χ0n) is 12.0. The lowest BCUT2D eigenvalue weighted by Crippen LogP contribution is -2.34. The highest BCUT2D eigenvalue weighted by Crippen LogP contribution is 2.47. The molecule has 2 rings (SSSR count). The van der Waals surface area contributed by atoms with Crippen LogP contribution in [0, 0.1) is 11.8 Å². The van der Waals surface area contributed by atoms with Crippen LogP contribution in [0.5, 0.6) is 0 Å². The Morgan fingerprint density at radius 1 is 1.40 bits per heavy atom. The number of rotatable bonds is 6. The summed E-state index contributed by atoms with van der Waals surface area (Å²) in [6.45, 7) is 4.46. The van der Waals surface area contributed by atoms with Gasteiger partial charge < -0.3 is 10.4 Å². The minimum Gasteiger partial charge on any atom is -0.391 e. The third-order valence-electron chi connectivity index (χ3n) is 3.68. The van der Waals surface area contributed by atoms with E-state index < -0.39 is 6.10 Å².